The number of rotatable bonds is 2. The molecule has 0 spiro atoms. The fourth-order valence-electron chi connectivity index (χ4n) is 1.70. The highest BCUT2D eigenvalue weighted by molar-refractivity contribution is 5.90. The first kappa shape index (κ1) is 10.4. The Hall–Kier alpha value is -2.15. The molecule has 0 unspecified atom stereocenters. The van der Waals surface area contributed by atoms with E-state index in [1.165, 1.54) is 0 Å². The molecule has 0 fully saturated rings. The van der Waals surface area contributed by atoms with Crippen molar-refractivity contribution in [2.45, 2.75) is 6.92 Å². The molecule has 16 heavy (non-hydrogen) atoms. The van der Waals surface area contributed by atoms with Crippen LogP contribution in [0.25, 0.3) is 11.0 Å². The van der Waals surface area contributed by atoms with Crippen molar-refractivity contribution in [1.29, 1.82) is 5.26 Å². The lowest BCUT2D eigenvalue weighted by molar-refractivity contribution is 0.397. The van der Waals surface area contributed by atoms with Crippen molar-refractivity contribution in [3.05, 3.63) is 23.5 Å². The minimum absolute atomic E-state index is 0.307. The Morgan fingerprint density at radius 1 is 1.25 bits per heavy atom. The van der Waals surface area contributed by atoms with Crippen LogP contribution in [0, 0.1) is 18.3 Å². The van der Waals surface area contributed by atoms with E-state index in [4.69, 9.17) is 19.2 Å². The SMILES string of the molecule is COc1cc(OC)c2c(C)c(C#N)oc2c1. The Labute approximate surface area is 93.0 Å². The van der Waals surface area contributed by atoms with Gasteiger partial charge in [0, 0.05) is 17.7 Å². The van der Waals surface area contributed by atoms with E-state index in [-0.39, 0.29) is 0 Å². The van der Waals surface area contributed by atoms with Gasteiger partial charge in [-0.05, 0) is 6.92 Å². The molecule has 0 saturated carbocycles. The van der Waals surface area contributed by atoms with E-state index in [0.29, 0.717) is 22.8 Å². The Balaban J connectivity index is 2.83. The highest BCUT2D eigenvalue weighted by Crippen LogP contribution is 2.36. The van der Waals surface area contributed by atoms with Gasteiger partial charge in [-0.2, -0.15) is 5.26 Å². The monoisotopic (exact) mass is 217 g/mol. The maximum atomic E-state index is 8.89. The molecule has 1 aromatic carbocycles. The van der Waals surface area contributed by atoms with E-state index in [1.54, 1.807) is 26.4 Å². The summed E-state index contributed by atoms with van der Waals surface area (Å²) < 4.78 is 15.8. The van der Waals surface area contributed by atoms with Gasteiger partial charge in [0.15, 0.2) is 0 Å². The van der Waals surface area contributed by atoms with Crippen molar-refractivity contribution < 1.29 is 13.9 Å². The Kier molecular flexibility index (Phi) is 2.45. The second kappa shape index (κ2) is 3.78. The van der Waals surface area contributed by atoms with Crippen molar-refractivity contribution in [1.82, 2.24) is 0 Å². The Morgan fingerprint density at radius 2 is 2.00 bits per heavy atom. The second-order valence-electron chi connectivity index (χ2n) is 3.37. The number of ether oxygens (including phenoxy) is 2. The zero-order valence-electron chi connectivity index (χ0n) is 9.33. The van der Waals surface area contributed by atoms with Crippen LogP contribution in [0.2, 0.25) is 0 Å². The third-order valence-electron chi connectivity index (χ3n) is 2.52. The van der Waals surface area contributed by atoms with Gasteiger partial charge in [-0.3, -0.25) is 0 Å². The summed E-state index contributed by atoms with van der Waals surface area (Å²) in [6.07, 6.45) is 0. The van der Waals surface area contributed by atoms with Crippen LogP contribution in [0.4, 0.5) is 0 Å². The molecule has 2 aromatic rings. The molecule has 0 atom stereocenters. The number of furan rings is 1. The number of nitriles is 1. The van der Waals surface area contributed by atoms with Crippen molar-refractivity contribution >= 4 is 11.0 Å². The minimum Gasteiger partial charge on any atom is -0.496 e. The van der Waals surface area contributed by atoms with E-state index in [1.807, 2.05) is 13.0 Å². The van der Waals surface area contributed by atoms with Crippen LogP contribution in [0.1, 0.15) is 11.3 Å². The average molecular weight is 217 g/mol. The highest BCUT2D eigenvalue weighted by Gasteiger charge is 2.15. The molecule has 0 N–H and O–H groups in total. The summed E-state index contributed by atoms with van der Waals surface area (Å²) in [5.41, 5.74) is 1.39. The summed E-state index contributed by atoms with van der Waals surface area (Å²) in [5.74, 6) is 1.60. The van der Waals surface area contributed by atoms with Gasteiger partial charge in [0.05, 0.1) is 19.6 Å². The fourth-order valence-corrected chi connectivity index (χ4v) is 1.70. The maximum absolute atomic E-state index is 8.89. The molecule has 1 heterocycles. The number of aryl methyl sites for hydroxylation is 1. The van der Waals surface area contributed by atoms with Crippen LogP contribution in [-0.2, 0) is 0 Å². The van der Waals surface area contributed by atoms with E-state index >= 15 is 0 Å². The van der Waals surface area contributed by atoms with Crippen molar-refractivity contribution in [2.24, 2.45) is 0 Å². The molecule has 4 heteroatoms. The third kappa shape index (κ3) is 1.38. The first-order valence-electron chi connectivity index (χ1n) is 4.76. The highest BCUT2D eigenvalue weighted by atomic mass is 16.5. The zero-order valence-corrected chi connectivity index (χ0v) is 9.33. The van der Waals surface area contributed by atoms with E-state index in [2.05, 4.69) is 0 Å². The van der Waals surface area contributed by atoms with Crippen LogP contribution in [-0.4, -0.2) is 14.2 Å². The number of nitrogens with zero attached hydrogens (tertiary/aromatic N) is 1. The van der Waals surface area contributed by atoms with Crippen LogP contribution in [0.3, 0.4) is 0 Å². The summed E-state index contributed by atoms with van der Waals surface area (Å²) in [6, 6.07) is 5.52. The van der Waals surface area contributed by atoms with Crippen LogP contribution in [0.15, 0.2) is 16.5 Å². The molecule has 0 amide bonds. The first-order valence-corrected chi connectivity index (χ1v) is 4.76. The average Bonchev–Trinajstić information content (AvgIpc) is 2.65. The van der Waals surface area contributed by atoms with Crippen molar-refractivity contribution in [3.8, 4) is 17.6 Å². The van der Waals surface area contributed by atoms with Crippen LogP contribution in [0.5, 0.6) is 11.5 Å². The molecule has 82 valence electrons. The number of hydrogen-bond donors (Lipinski definition) is 0. The molecular formula is C12H11NO3. The molecule has 4 nitrogen and oxygen atoms in total. The summed E-state index contributed by atoms with van der Waals surface area (Å²) in [4.78, 5) is 0. The van der Waals surface area contributed by atoms with E-state index in [0.717, 1.165) is 10.9 Å². The predicted molar refractivity (Wildman–Crippen MR) is 58.8 cm³/mol. The Bertz CT molecular complexity index is 578. The van der Waals surface area contributed by atoms with Gasteiger partial charge in [0.25, 0.3) is 0 Å². The zero-order chi connectivity index (χ0) is 11.7. The predicted octanol–water partition coefficient (Wildman–Crippen LogP) is 2.63. The quantitative estimate of drug-likeness (QED) is 0.775. The molecule has 1 aromatic heterocycles. The smallest absolute Gasteiger partial charge is 0.207 e. The molecule has 0 radical (unpaired) electrons. The molecule has 0 aliphatic heterocycles. The largest absolute Gasteiger partial charge is 0.496 e. The molecule has 0 aliphatic rings. The van der Waals surface area contributed by atoms with Gasteiger partial charge >= 0.3 is 0 Å². The van der Waals surface area contributed by atoms with Gasteiger partial charge in [-0.25, -0.2) is 0 Å². The summed E-state index contributed by atoms with van der Waals surface area (Å²) in [6.45, 7) is 1.83. The number of fused-ring (bicyclic) bond motifs is 1. The number of methoxy groups -OCH3 is 2. The maximum Gasteiger partial charge on any atom is 0.207 e. The van der Waals surface area contributed by atoms with Crippen LogP contribution >= 0.6 is 0 Å². The van der Waals surface area contributed by atoms with Gasteiger partial charge in [-0.1, -0.05) is 0 Å². The summed E-state index contributed by atoms with van der Waals surface area (Å²) >= 11 is 0. The summed E-state index contributed by atoms with van der Waals surface area (Å²) in [7, 11) is 3.15. The van der Waals surface area contributed by atoms with Gasteiger partial charge in [0.2, 0.25) is 5.76 Å². The standard InChI is InChI=1S/C12H11NO3/c1-7-11(6-13)16-10-5-8(14-2)4-9(15-3)12(7)10/h4-5H,1-3H3. The lowest BCUT2D eigenvalue weighted by Crippen LogP contribution is -1.88. The van der Waals surface area contributed by atoms with Crippen molar-refractivity contribution in [2.75, 3.05) is 14.2 Å². The summed E-state index contributed by atoms with van der Waals surface area (Å²) in [5, 5.41) is 9.71. The third-order valence-corrected chi connectivity index (χ3v) is 2.52. The van der Waals surface area contributed by atoms with Gasteiger partial charge in [-0.15, -0.1) is 0 Å². The minimum atomic E-state index is 0.307. The second-order valence-corrected chi connectivity index (χ2v) is 3.37. The normalized spacial score (nSPS) is 10.1. The molecule has 0 bridgehead atoms. The lowest BCUT2D eigenvalue weighted by Gasteiger charge is -2.05. The topological polar surface area (TPSA) is 55.4 Å². The van der Waals surface area contributed by atoms with Gasteiger partial charge < -0.3 is 13.9 Å². The molecule has 2 rings (SSSR count). The van der Waals surface area contributed by atoms with E-state index in [9.17, 15) is 0 Å². The Morgan fingerprint density at radius 3 is 2.56 bits per heavy atom. The molecule has 0 saturated heterocycles. The van der Waals surface area contributed by atoms with Crippen LogP contribution < -0.4 is 9.47 Å². The number of benzene rings is 1. The first-order chi connectivity index (χ1) is 7.71. The lowest BCUT2D eigenvalue weighted by atomic mass is 10.1. The molecule has 0 aliphatic carbocycles. The van der Waals surface area contributed by atoms with Crippen molar-refractivity contribution in [3.63, 3.8) is 0 Å². The van der Waals surface area contributed by atoms with E-state index < -0.39 is 0 Å². The fraction of sp³-hybridized carbons (Fsp3) is 0.250. The molecular weight excluding hydrogens is 206 g/mol. The van der Waals surface area contributed by atoms with Gasteiger partial charge in [0.1, 0.15) is 23.2 Å². The number of hydrogen-bond acceptors (Lipinski definition) is 4.